The van der Waals surface area contributed by atoms with Crippen LogP contribution in [0.1, 0.15) is 40.2 Å². The fourth-order valence-corrected chi connectivity index (χ4v) is 5.33. The van der Waals surface area contributed by atoms with Crippen molar-refractivity contribution < 1.29 is 19.0 Å². The van der Waals surface area contributed by atoms with Crippen LogP contribution in [0.15, 0.2) is 72.8 Å². The lowest BCUT2D eigenvalue weighted by Crippen LogP contribution is -2.38. The van der Waals surface area contributed by atoms with Crippen LogP contribution in [0.4, 0.5) is 0 Å². The van der Waals surface area contributed by atoms with E-state index >= 15 is 0 Å². The average molecular weight is 530 g/mol. The van der Waals surface area contributed by atoms with Crippen LogP contribution in [0.3, 0.4) is 0 Å². The van der Waals surface area contributed by atoms with E-state index in [0.717, 1.165) is 43.7 Å². The largest absolute Gasteiger partial charge is 0.497 e. The first-order chi connectivity index (χ1) is 18.6. The highest BCUT2D eigenvalue weighted by Gasteiger charge is 2.25. The maximum absolute atomic E-state index is 13.3. The van der Waals surface area contributed by atoms with Gasteiger partial charge in [-0.05, 0) is 66.6 Å². The number of amides is 1. The van der Waals surface area contributed by atoms with Gasteiger partial charge in [0, 0.05) is 36.6 Å². The molecule has 1 aromatic heterocycles. The van der Waals surface area contributed by atoms with E-state index in [1.165, 1.54) is 17.1 Å². The zero-order valence-electron chi connectivity index (χ0n) is 21.6. The van der Waals surface area contributed by atoms with E-state index in [4.69, 9.17) is 14.2 Å². The van der Waals surface area contributed by atoms with Gasteiger partial charge in [0.2, 0.25) is 0 Å². The van der Waals surface area contributed by atoms with Gasteiger partial charge in [0.15, 0.2) is 17.3 Å². The van der Waals surface area contributed by atoms with Gasteiger partial charge < -0.3 is 19.1 Å². The van der Waals surface area contributed by atoms with Crippen molar-refractivity contribution in [2.45, 2.75) is 25.7 Å². The van der Waals surface area contributed by atoms with Gasteiger partial charge in [-0.2, -0.15) is 9.36 Å². The minimum Gasteiger partial charge on any atom is -0.497 e. The Hall–Kier alpha value is -3.91. The molecule has 1 aliphatic rings. The summed E-state index contributed by atoms with van der Waals surface area (Å²) in [7, 11) is 3.22. The van der Waals surface area contributed by atoms with Crippen LogP contribution < -0.4 is 14.2 Å². The summed E-state index contributed by atoms with van der Waals surface area (Å²) in [5.74, 6) is 3.03. The van der Waals surface area contributed by atoms with E-state index in [0.29, 0.717) is 40.4 Å². The number of methoxy groups -OCH3 is 2. The Kier molecular flexibility index (Phi) is 8.19. The smallest absolute Gasteiger partial charge is 0.298 e. The van der Waals surface area contributed by atoms with Crippen molar-refractivity contribution in [3.05, 3.63) is 95.3 Å². The number of rotatable bonds is 9. The van der Waals surface area contributed by atoms with E-state index in [1.807, 2.05) is 35.2 Å². The summed E-state index contributed by atoms with van der Waals surface area (Å²) in [4.78, 5) is 19.8. The Bertz CT molecular complexity index is 1370. The van der Waals surface area contributed by atoms with E-state index in [9.17, 15) is 4.79 Å². The standard InChI is InChI=1S/C30H31N3O4S/c1-35-25-10-6-9-23(18-25)19-28-31-30(38-32-28)37-27-20-24(11-12-26(27)36-2)29(34)33-15-13-22(14-16-33)17-21-7-4-3-5-8-21/h3-12,18,20,22H,13-17,19H2,1-2H3. The lowest BCUT2D eigenvalue weighted by Gasteiger charge is -2.32. The predicted octanol–water partition coefficient (Wildman–Crippen LogP) is 6.03. The number of likely N-dealkylation sites (tertiary alicyclic amines) is 1. The molecule has 1 aliphatic heterocycles. The Morgan fingerprint density at radius 3 is 2.47 bits per heavy atom. The summed E-state index contributed by atoms with van der Waals surface area (Å²) in [6, 6.07) is 23.7. The van der Waals surface area contributed by atoms with Crippen molar-refractivity contribution in [1.82, 2.24) is 14.3 Å². The molecule has 0 unspecified atom stereocenters. The molecule has 4 aromatic rings. The van der Waals surface area contributed by atoms with E-state index < -0.39 is 0 Å². The highest BCUT2D eigenvalue weighted by Crippen LogP contribution is 2.34. The minimum absolute atomic E-state index is 0.00615. The highest BCUT2D eigenvalue weighted by molar-refractivity contribution is 7.07. The van der Waals surface area contributed by atoms with Gasteiger partial charge >= 0.3 is 0 Å². The molecule has 1 saturated heterocycles. The Morgan fingerprint density at radius 1 is 0.921 bits per heavy atom. The molecule has 0 bridgehead atoms. The summed E-state index contributed by atoms with van der Waals surface area (Å²) in [5.41, 5.74) is 2.98. The average Bonchev–Trinajstić information content (AvgIpc) is 3.40. The molecule has 196 valence electrons. The number of benzene rings is 3. The second-order valence-corrected chi connectivity index (χ2v) is 10.1. The van der Waals surface area contributed by atoms with Crippen LogP contribution >= 0.6 is 11.5 Å². The number of nitrogens with zero attached hydrogens (tertiary/aromatic N) is 3. The van der Waals surface area contributed by atoms with Crippen molar-refractivity contribution in [3.63, 3.8) is 0 Å². The number of hydrogen-bond acceptors (Lipinski definition) is 7. The quantitative estimate of drug-likeness (QED) is 0.263. The Morgan fingerprint density at radius 2 is 1.71 bits per heavy atom. The summed E-state index contributed by atoms with van der Waals surface area (Å²) in [6.07, 6.45) is 3.62. The first-order valence-corrected chi connectivity index (χ1v) is 13.5. The zero-order chi connectivity index (χ0) is 26.3. The molecule has 8 heteroatoms. The van der Waals surface area contributed by atoms with Crippen molar-refractivity contribution in [2.75, 3.05) is 27.3 Å². The summed E-state index contributed by atoms with van der Waals surface area (Å²) in [6.45, 7) is 1.51. The molecular weight excluding hydrogens is 498 g/mol. The zero-order valence-corrected chi connectivity index (χ0v) is 22.4. The molecule has 1 amide bonds. The van der Waals surface area contributed by atoms with Crippen molar-refractivity contribution in [2.24, 2.45) is 5.92 Å². The van der Waals surface area contributed by atoms with Crippen LogP contribution in [-0.4, -0.2) is 47.5 Å². The molecular formula is C30H31N3O4S. The molecule has 38 heavy (non-hydrogen) atoms. The summed E-state index contributed by atoms with van der Waals surface area (Å²) < 4.78 is 21.3. The number of piperidine rings is 1. The SMILES string of the molecule is COc1cccc(Cc2nsc(Oc3cc(C(=O)N4CCC(Cc5ccccc5)CC4)ccc3OC)n2)c1. The number of carbonyl (C=O) groups excluding carboxylic acids is 1. The molecule has 2 heterocycles. The Balaban J connectivity index is 1.23. The number of hydrogen-bond donors (Lipinski definition) is 0. The molecule has 0 saturated carbocycles. The molecule has 0 atom stereocenters. The lowest BCUT2D eigenvalue weighted by atomic mass is 9.90. The molecule has 0 N–H and O–H groups in total. The Labute approximate surface area is 227 Å². The van der Waals surface area contributed by atoms with E-state index in [1.54, 1.807) is 32.4 Å². The van der Waals surface area contributed by atoms with Crippen molar-refractivity contribution in [1.29, 1.82) is 0 Å². The third-order valence-corrected chi connectivity index (χ3v) is 7.46. The van der Waals surface area contributed by atoms with Gasteiger partial charge in [-0.25, -0.2) is 0 Å². The van der Waals surface area contributed by atoms with Crippen LogP contribution in [-0.2, 0) is 12.8 Å². The number of carbonyl (C=O) groups is 1. The second-order valence-electron chi connectivity index (χ2n) is 9.40. The van der Waals surface area contributed by atoms with E-state index in [2.05, 4.69) is 33.6 Å². The number of ether oxygens (including phenoxy) is 3. The first kappa shape index (κ1) is 25.7. The summed E-state index contributed by atoms with van der Waals surface area (Å²) in [5, 5.41) is 0.396. The van der Waals surface area contributed by atoms with Gasteiger partial charge in [-0.3, -0.25) is 4.79 Å². The lowest BCUT2D eigenvalue weighted by molar-refractivity contribution is 0.0690. The monoisotopic (exact) mass is 529 g/mol. The molecule has 3 aromatic carbocycles. The number of aromatic nitrogens is 2. The third kappa shape index (κ3) is 6.31. The normalized spacial score (nSPS) is 13.8. The molecule has 5 rings (SSSR count). The van der Waals surface area contributed by atoms with Gasteiger partial charge in [0.25, 0.3) is 11.1 Å². The van der Waals surface area contributed by atoms with Crippen molar-refractivity contribution >= 4 is 17.4 Å². The van der Waals surface area contributed by atoms with E-state index in [-0.39, 0.29) is 5.91 Å². The summed E-state index contributed by atoms with van der Waals surface area (Å²) >= 11 is 1.17. The van der Waals surface area contributed by atoms with Gasteiger partial charge in [0.1, 0.15) is 5.75 Å². The predicted molar refractivity (Wildman–Crippen MR) is 148 cm³/mol. The maximum Gasteiger partial charge on any atom is 0.298 e. The highest BCUT2D eigenvalue weighted by atomic mass is 32.1. The van der Waals surface area contributed by atoms with Gasteiger partial charge in [0.05, 0.1) is 14.2 Å². The van der Waals surface area contributed by atoms with Crippen LogP contribution in [0, 0.1) is 5.92 Å². The van der Waals surface area contributed by atoms with Gasteiger partial charge in [-0.1, -0.05) is 42.5 Å². The fourth-order valence-electron chi connectivity index (χ4n) is 4.77. The van der Waals surface area contributed by atoms with Gasteiger partial charge in [-0.15, -0.1) is 0 Å². The van der Waals surface area contributed by atoms with Crippen LogP contribution in [0.5, 0.6) is 22.4 Å². The topological polar surface area (TPSA) is 73.8 Å². The first-order valence-electron chi connectivity index (χ1n) is 12.8. The maximum atomic E-state index is 13.3. The third-order valence-electron chi connectivity index (χ3n) is 6.82. The second kappa shape index (κ2) is 12.1. The molecule has 7 nitrogen and oxygen atoms in total. The molecule has 1 fully saturated rings. The fraction of sp³-hybridized carbons (Fsp3) is 0.300. The molecule has 0 spiro atoms. The van der Waals surface area contributed by atoms with Crippen molar-refractivity contribution in [3.8, 4) is 22.4 Å². The molecule has 0 aliphatic carbocycles. The molecule has 0 radical (unpaired) electrons. The van der Waals surface area contributed by atoms with Crippen LogP contribution in [0.2, 0.25) is 0 Å². The van der Waals surface area contributed by atoms with Crippen LogP contribution in [0.25, 0.3) is 0 Å². The minimum atomic E-state index is 0.00615.